The number of hydrogen-bond acceptors (Lipinski definition) is 3. The first-order chi connectivity index (χ1) is 6.63. The van der Waals surface area contributed by atoms with Crippen molar-refractivity contribution >= 4 is 5.78 Å². The van der Waals surface area contributed by atoms with Crippen LogP contribution in [0.15, 0.2) is 12.2 Å². The molecule has 1 aliphatic rings. The van der Waals surface area contributed by atoms with Crippen molar-refractivity contribution < 1.29 is 14.6 Å². The summed E-state index contributed by atoms with van der Waals surface area (Å²) in [5, 5.41) is 9.55. The summed E-state index contributed by atoms with van der Waals surface area (Å²) in [6, 6.07) is 0. The Morgan fingerprint density at radius 3 is 2.79 bits per heavy atom. The Hall–Kier alpha value is -0.670. The fourth-order valence-electron chi connectivity index (χ4n) is 1.84. The van der Waals surface area contributed by atoms with Gasteiger partial charge in [-0.25, -0.2) is 0 Å². The predicted octanol–water partition coefficient (Wildman–Crippen LogP) is 1.31. The number of ether oxygens (including phenoxy) is 1. The Morgan fingerprint density at radius 2 is 2.21 bits per heavy atom. The molecule has 0 aromatic carbocycles. The molecule has 3 atom stereocenters. The van der Waals surface area contributed by atoms with Crippen LogP contribution in [0.2, 0.25) is 0 Å². The molecule has 14 heavy (non-hydrogen) atoms. The SMILES string of the molecule is COC1CC(/C=C/C(C)=O)CCC1O. The maximum atomic E-state index is 10.7. The molecule has 1 saturated carbocycles. The number of allylic oxidation sites excluding steroid dienone is 2. The molecule has 0 heterocycles. The van der Waals surface area contributed by atoms with Crippen LogP contribution in [-0.4, -0.2) is 30.2 Å². The topological polar surface area (TPSA) is 46.5 Å². The van der Waals surface area contributed by atoms with Crippen LogP contribution in [0.5, 0.6) is 0 Å². The van der Waals surface area contributed by atoms with E-state index in [1.54, 1.807) is 20.1 Å². The van der Waals surface area contributed by atoms with Crippen LogP contribution < -0.4 is 0 Å². The molecular formula is C11H18O3. The third kappa shape index (κ3) is 3.24. The Balaban J connectivity index is 2.46. The number of hydrogen-bond donors (Lipinski definition) is 1. The van der Waals surface area contributed by atoms with Gasteiger partial charge in [0.05, 0.1) is 12.2 Å². The van der Waals surface area contributed by atoms with E-state index >= 15 is 0 Å². The van der Waals surface area contributed by atoms with Crippen molar-refractivity contribution in [3.05, 3.63) is 12.2 Å². The number of aliphatic hydroxyl groups is 1. The van der Waals surface area contributed by atoms with E-state index in [0.717, 1.165) is 19.3 Å². The van der Waals surface area contributed by atoms with Gasteiger partial charge in [-0.15, -0.1) is 0 Å². The van der Waals surface area contributed by atoms with E-state index in [1.165, 1.54) is 0 Å². The van der Waals surface area contributed by atoms with Crippen molar-refractivity contribution in [3.63, 3.8) is 0 Å². The van der Waals surface area contributed by atoms with Gasteiger partial charge in [0, 0.05) is 7.11 Å². The van der Waals surface area contributed by atoms with Gasteiger partial charge in [-0.3, -0.25) is 4.79 Å². The van der Waals surface area contributed by atoms with Gasteiger partial charge in [0.25, 0.3) is 0 Å². The molecule has 1 aliphatic carbocycles. The second-order valence-electron chi connectivity index (χ2n) is 3.88. The third-order valence-electron chi connectivity index (χ3n) is 2.70. The second-order valence-corrected chi connectivity index (χ2v) is 3.88. The first-order valence-corrected chi connectivity index (χ1v) is 5.03. The zero-order valence-corrected chi connectivity index (χ0v) is 8.77. The fraction of sp³-hybridized carbons (Fsp3) is 0.727. The Bertz CT molecular complexity index is 223. The number of ketones is 1. The highest BCUT2D eigenvalue weighted by Gasteiger charge is 2.27. The minimum Gasteiger partial charge on any atom is -0.390 e. The summed E-state index contributed by atoms with van der Waals surface area (Å²) in [6.45, 7) is 1.54. The average molecular weight is 198 g/mol. The molecule has 0 radical (unpaired) electrons. The first kappa shape index (κ1) is 11.4. The van der Waals surface area contributed by atoms with Crippen molar-refractivity contribution in [1.82, 2.24) is 0 Å². The predicted molar refractivity (Wildman–Crippen MR) is 54.0 cm³/mol. The van der Waals surface area contributed by atoms with Crippen LogP contribution in [0, 0.1) is 5.92 Å². The van der Waals surface area contributed by atoms with Crippen LogP contribution >= 0.6 is 0 Å². The monoisotopic (exact) mass is 198 g/mol. The molecule has 0 bridgehead atoms. The highest BCUT2D eigenvalue weighted by molar-refractivity contribution is 5.87. The van der Waals surface area contributed by atoms with Crippen molar-refractivity contribution in [1.29, 1.82) is 0 Å². The van der Waals surface area contributed by atoms with E-state index in [4.69, 9.17) is 4.74 Å². The Labute approximate surface area is 84.8 Å². The quantitative estimate of drug-likeness (QED) is 0.695. The highest BCUT2D eigenvalue weighted by Crippen LogP contribution is 2.27. The van der Waals surface area contributed by atoms with Gasteiger partial charge in [0.15, 0.2) is 5.78 Å². The van der Waals surface area contributed by atoms with E-state index < -0.39 is 0 Å². The van der Waals surface area contributed by atoms with E-state index in [2.05, 4.69) is 0 Å². The molecular weight excluding hydrogens is 180 g/mol. The standard InChI is InChI=1S/C11H18O3/c1-8(12)3-4-9-5-6-10(13)11(7-9)14-2/h3-4,9-11,13H,5-7H2,1-2H3/b4-3+. The number of carbonyl (C=O) groups is 1. The van der Waals surface area contributed by atoms with Crippen LogP contribution in [0.3, 0.4) is 0 Å². The van der Waals surface area contributed by atoms with Gasteiger partial charge in [0.2, 0.25) is 0 Å². The fourth-order valence-corrected chi connectivity index (χ4v) is 1.84. The molecule has 1 fully saturated rings. The van der Waals surface area contributed by atoms with Crippen LogP contribution in [0.25, 0.3) is 0 Å². The maximum absolute atomic E-state index is 10.7. The third-order valence-corrected chi connectivity index (χ3v) is 2.70. The van der Waals surface area contributed by atoms with Crippen molar-refractivity contribution in [2.45, 2.75) is 38.4 Å². The lowest BCUT2D eigenvalue weighted by Gasteiger charge is -2.30. The summed E-state index contributed by atoms with van der Waals surface area (Å²) in [6.07, 6.45) is 5.61. The Morgan fingerprint density at radius 1 is 1.50 bits per heavy atom. The van der Waals surface area contributed by atoms with Gasteiger partial charge >= 0.3 is 0 Å². The van der Waals surface area contributed by atoms with Crippen LogP contribution in [0.4, 0.5) is 0 Å². The summed E-state index contributed by atoms with van der Waals surface area (Å²) in [5.74, 6) is 0.442. The molecule has 0 aromatic heterocycles. The van der Waals surface area contributed by atoms with Gasteiger partial charge in [-0.2, -0.15) is 0 Å². The number of carbonyl (C=O) groups excluding carboxylic acids is 1. The van der Waals surface area contributed by atoms with Gasteiger partial charge < -0.3 is 9.84 Å². The van der Waals surface area contributed by atoms with Crippen molar-refractivity contribution in [2.75, 3.05) is 7.11 Å². The largest absolute Gasteiger partial charge is 0.390 e. The molecule has 3 nitrogen and oxygen atoms in total. The molecule has 0 saturated heterocycles. The molecule has 1 N–H and O–H groups in total. The summed E-state index contributed by atoms with van der Waals surface area (Å²) in [5.41, 5.74) is 0. The van der Waals surface area contributed by atoms with Gasteiger partial charge in [-0.05, 0) is 38.2 Å². The molecule has 3 unspecified atom stereocenters. The molecule has 0 aliphatic heterocycles. The smallest absolute Gasteiger partial charge is 0.152 e. The average Bonchev–Trinajstić information content (AvgIpc) is 2.16. The van der Waals surface area contributed by atoms with E-state index in [1.807, 2.05) is 6.08 Å². The highest BCUT2D eigenvalue weighted by atomic mass is 16.5. The van der Waals surface area contributed by atoms with Crippen LogP contribution in [0.1, 0.15) is 26.2 Å². The second kappa shape index (κ2) is 5.27. The van der Waals surface area contributed by atoms with Crippen molar-refractivity contribution in [2.24, 2.45) is 5.92 Å². The van der Waals surface area contributed by atoms with E-state index in [-0.39, 0.29) is 18.0 Å². The van der Waals surface area contributed by atoms with E-state index in [0.29, 0.717) is 5.92 Å². The maximum Gasteiger partial charge on any atom is 0.152 e. The molecule has 1 rings (SSSR count). The zero-order valence-electron chi connectivity index (χ0n) is 8.77. The van der Waals surface area contributed by atoms with Crippen LogP contribution in [-0.2, 0) is 9.53 Å². The lowest BCUT2D eigenvalue weighted by atomic mass is 9.85. The number of aliphatic hydroxyl groups excluding tert-OH is 1. The summed E-state index contributed by atoms with van der Waals surface area (Å²) >= 11 is 0. The molecule has 0 spiro atoms. The summed E-state index contributed by atoms with van der Waals surface area (Å²) in [7, 11) is 1.62. The first-order valence-electron chi connectivity index (χ1n) is 5.03. The normalized spacial score (nSPS) is 33.5. The number of rotatable bonds is 3. The number of methoxy groups -OCH3 is 1. The van der Waals surface area contributed by atoms with E-state index in [9.17, 15) is 9.90 Å². The minimum absolute atomic E-state index is 0.0742. The Kier molecular flexibility index (Phi) is 4.29. The lowest BCUT2D eigenvalue weighted by Crippen LogP contribution is -2.34. The lowest BCUT2D eigenvalue weighted by molar-refractivity contribution is -0.112. The molecule has 80 valence electrons. The van der Waals surface area contributed by atoms with Crippen molar-refractivity contribution in [3.8, 4) is 0 Å². The molecule has 3 heteroatoms. The zero-order chi connectivity index (χ0) is 10.6. The van der Waals surface area contributed by atoms with Gasteiger partial charge in [-0.1, -0.05) is 6.08 Å². The summed E-state index contributed by atoms with van der Waals surface area (Å²) in [4.78, 5) is 10.7. The van der Waals surface area contributed by atoms with Gasteiger partial charge in [0.1, 0.15) is 0 Å². The molecule has 0 amide bonds. The molecule has 0 aromatic rings. The minimum atomic E-state index is -0.345. The summed E-state index contributed by atoms with van der Waals surface area (Å²) < 4.78 is 5.17.